The molecule has 152 valence electrons. The van der Waals surface area contributed by atoms with Crippen LogP contribution in [0.4, 0.5) is 4.39 Å². The van der Waals surface area contributed by atoms with E-state index in [1.807, 2.05) is 31.5 Å². The summed E-state index contributed by atoms with van der Waals surface area (Å²) in [4.78, 5) is 18.2. The first-order chi connectivity index (χ1) is 14.0. The molecule has 0 radical (unpaired) electrons. The standard InChI is InChI=1S/C22H25FN4OS/c1-16-24-20(15-29-16)10-11-22(28)27(2)12-5-3-4-9-19-14-21(26-25-19)17-7-6-8-18(23)13-17/h6-8,10-11,13-15H,3-5,9,12H2,1-2H3,(H,25,26)/b11-10+. The molecule has 7 heteroatoms. The fourth-order valence-corrected chi connectivity index (χ4v) is 3.56. The number of aromatic amines is 1. The number of thiazole rings is 1. The lowest BCUT2D eigenvalue weighted by molar-refractivity contribution is -0.124. The SMILES string of the molecule is Cc1nc(/C=C/C(=O)N(C)CCCCCc2cc(-c3cccc(F)c3)n[nH]2)cs1. The zero-order valence-corrected chi connectivity index (χ0v) is 17.5. The Hall–Kier alpha value is -2.80. The van der Waals surface area contributed by atoms with Crippen molar-refractivity contribution in [1.29, 1.82) is 0 Å². The molecular formula is C22H25FN4OS. The highest BCUT2D eigenvalue weighted by atomic mass is 32.1. The smallest absolute Gasteiger partial charge is 0.246 e. The molecule has 0 bridgehead atoms. The first-order valence-corrected chi connectivity index (χ1v) is 10.5. The molecule has 0 aliphatic carbocycles. The van der Waals surface area contributed by atoms with Gasteiger partial charge in [0.1, 0.15) is 5.82 Å². The second-order valence-corrected chi connectivity index (χ2v) is 8.05. The Kier molecular flexibility index (Phi) is 7.30. The minimum atomic E-state index is -0.262. The number of likely N-dealkylation sites (N-methyl/N-ethyl adjacent to an activating group) is 1. The van der Waals surface area contributed by atoms with Crippen LogP contribution < -0.4 is 0 Å². The van der Waals surface area contributed by atoms with Crippen LogP contribution in [-0.4, -0.2) is 39.6 Å². The summed E-state index contributed by atoms with van der Waals surface area (Å²) in [6.07, 6.45) is 7.17. The summed E-state index contributed by atoms with van der Waals surface area (Å²) < 4.78 is 13.3. The third-order valence-electron chi connectivity index (χ3n) is 4.60. The van der Waals surface area contributed by atoms with Crippen LogP contribution in [-0.2, 0) is 11.2 Å². The molecule has 0 spiro atoms. The topological polar surface area (TPSA) is 61.9 Å². The Morgan fingerprint density at radius 3 is 2.90 bits per heavy atom. The monoisotopic (exact) mass is 412 g/mol. The number of aromatic nitrogens is 3. The second-order valence-electron chi connectivity index (χ2n) is 6.98. The first-order valence-electron chi connectivity index (χ1n) is 9.67. The van der Waals surface area contributed by atoms with Gasteiger partial charge in [-0.05, 0) is 50.5 Å². The molecule has 2 aromatic heterocycles. The summed E-state index contributed by atoms with van der Waals surface area (Å²) in [6.45, 7) is 2.66. The van der Waals surface area contributed by atoms with E-state index in [0.717, 1.165) is 59.9 Å². The van der Waals surface area contributed by atoms with E-state index in [2.05, 4.69) is 15.2 Å². The molecule has 0 saturated heterocycles. The number of hydrogen-bond donors (Lipinski definition) is 1. The lowest BCUT2D eigenvalue weighted by atomic mass is 10.1. The van der Waals surface area contributed by atoms with Crippen LogP contribution in [0, 0.1) is 12.7 Å². The number of hydrogen-bond acceptors (Lipinski definition) is 4. The third kappa shape index (κ3) is 6.35. The van der Waals surface area contributed by atoms with Gasteiger partial charge in [-0.2, -0.15) is 5.10 Å². The number of nitrogens with one attached hydrogen (secondary N) is 1. The van der Waals surface area contributed by atoms with Crippen LogP contribution >= 0.6 is 11.3 Å². The molecule has 0 atom stereocenters. The van der Waals surface area contributed by atoms with Crippen molar-refractivity contribution in [2.45, 2.75) is 32.6 Å². The number of unbranched alkanes of at least 4 members (excludes halogenated alkanes) is 2. The van der Waals surface area contributed by atoms with Crippen LogP contribution in [0.15, 0.2) is 41.8 Å². The van der Waals surface area contributed by atoms with Gasteiger partial charge in [-0.15, -0.1) is 11.3 Å². The summed E-state index contributed by atoms with van der Waals surface area (Å²) in [5.41, 5.74) is 3.39. The normalized spacial score (nSPS) is 11.3. The number of nitrogens with zero attached hydrogens (tertiary/aromatic N) is 3. The van der Waals surface area contributed by atoms with Gasteiger partial charge in [-0.3, -0.25) is 9.89 Å². The summed E-state index contributed by atoms with van der Waals surface area (Å²) in [5.74, 6) is -0.272. The number of benzene rings is 1. The highest BCUT2D eigenvalue weighted by Gasteiger charge is 2.07. The molecular weight excluding hydrogens is 387 g/mol. The molecule has 3 rings (SSSR count). The Balaban J connectivity index is 1.36. The Bertz CT molecular complexity index is 979. The van der Waals surface area contributed by atoms with Gasteiger partial charge < -0.3 is 4.90 Å². The number of carbonyl (C=O) groups excluding carboxylic acids is 1. The zero-order valence-electron chi connectivity index (χ0n) is 16.7. The molecule has 0 unspecified atom stereocenters. The van der Waals surface area contributed by atoms with Crippen LogP contribution in [0.5, 0.6) is 0 Å². The highest BCUT2D eigenvalue weighted by molar-refractivity contribution is 7.09. The van der Waals surface area contributed by atoms with Crippen molar-refractivity contribution in [1.82, 2.24) is 20.1 Å². The van der Waals surface area contributed by atoms with Crippen molar-refractivity contribution in [3.05, 3.63) is 64.0 Å². The van der Waals surface area contributed by atoms with Crippen molar-refractivity contribution in [2.24, 2.45) is 0 Å². The molecule has 5 nitrogen and oxygen atoms in total. The van der Waals surface area contributed by atoms with Crippen molar-refractivity contribution in [3.63, 3.8) is 0 Å². The maximum atomic E-state index is 13.3. The zero-order chi connectivity index (χ0) is 20.6. The maximum Gasteiger partial charge on any atom is 0.246 e. The van der Waals surface area contributed by atoms with E-state index >= 15 is 0 Å². The molecule has 3 aromatic rings. The summed E-state index contributed by atoms with van der Waals surface area (Å²) in [7, 11) is 1.82. The Morgan fingerprint density at radius 1 is 1.28 bits per heavy atom. The van der Waals surface area contributed by atoms with Crippen molar-refractivity contribution < 1.29 is 9.18 Å². The van der Waals surface area contributed by atoms with E-state index in [9.17, 15) is 9.18 Å². The van der Waals surface area contributed by atoms with Crippen molar-refractivity contribution in [3.8, 4) is 11.3 Å². The van der Waals surface area contributed by atoms with E-state index in [1.165, 1.54) is 12.1 Å². The molecule has 0 fully saturated rings. The molecule has 0 aliphatic rings. The fraction of sp³-hybridized carbons (Fsp3) is 0.318. The second kappa shape index (κ2) is 10.1. The summed E-state index contributed by atoms with van der Waals surface area (Å²) in [5, 5.41) is 10.2. The molecule has 1 amide bonds. The predicted molar refractivity (Wildman–Crippen MR) is 115 cm³/mol. The van der Waals surface area contributed by atoms with Gasteiger partial charge in [0.05, 0.1) is 16.4 Å². The van der Waals surface area contributed by atoms with Crippen LogP contribution in [0.25, 0.3) is 17.3 Å². The average Bonchev–Trinajstić information content (AvgIpc) is 3.34. The lowest BCUT2D eigenvalue weighted by Crippen LogP contribution is -2.25. The number of rotatable bonds is 9. The van der Waals surface area contributed by atoms with Crippen molar-refractivity contribution in [2.75, 3.05) is 13.6 Å². The number of carbonyl (C=O) groups is 1. The summed E-state index contributed by atoms with van der Waals surface area (Å²) in [6, 6.07) is 8.41. The van der Waals surface area contributed by atoms with Crippen molar-refractivity contribution >= 4 is 23.3 Å². The Morgan fingerprint density at radius 2 is 2.14 bits per heavy atom. The molecule has 1 aromatic carbocycles. The van der Waals surface area contributed by atoms with Gasteiger partial charge in [-0.1, -0.05) is 18.6 Å². The summed E-state index contributed by atoms with van der Waals surface area (Å²) >= 11 is 1.57. The van der Waals surface area contributed by atoms with E-state index in [4.69, 9.17) is 0 Å². The van der Waals surface area contributed by atoms with E-state index in [1.54, 1.807) is 34.5 Å². The first kappa shape index (κ1) is 20.9. The van der Waals surface area contributed by atoms with Crippen LogP contribution in [0.1, 0.15) is 35.7 Å². The van der Waals surface area contributed by atoms with Crippen LogP contribution in [0.2, 0.25) is 0 Å². The molecule has 0 aliphatic heterocycles. The largest absolute Gasteiger partial charge is 0.342 e. The third-order valence-corrected chi connectivity index (χ3v) is 5.39. The minimum Gasteiger partial charge on any atom is -0.342 e. The van der Waals surface area contributed by atoms with Gasteiger partial charge in [-0.25, -0.2) is 9.37 Å². The van der Waals surface area contributed by atoms with E-state index in [0.29, 0.717) is 0 Å². The van der Waals surface area contributed by atoms with Gasteiger partial charge in [0.2, 0.25) is 5.91 Å². The number of amides is 1. The average molecular weight is 413 g/mol. The highest BCUT2D eigenvalue weighted by Crippen LogP contribution is 2.19. The molecule has 0 saturated carbocycles. The molecule has 2 heterocycles. The molecule has 29 heavy (non-hydrogen) atoms. The van der Waals surface area contributed by atoms with Gasteiger partial charge in [0.15, 0.2) is 0 Å². The van der Waals surface area contributed by atoms with Gasteiger partial charge >= 0.3 is 0 Å². The maximum absolute atomic E-state index is 13.3. The van der Waals surface area contributed by atoms with E-state index in [-0.39, 0.29) is 11.7 Å². The van der Waals surface area contributed by atoms with Gasteiger partial charge in [0, 0.05) is 36.3 Å². The molecule has 1 N–H and O–H groups in total. The number of aryl methyl sites for hydroxylation is 2. The van der Waals surface area contributed by atoms with Crippen LogP contribution in [0.3, 0.4) is 0 Å². The quantitative estimate of drug-likeness (QED) is 0.403. The lowest BCUT2D eigenvalue weighted by Gasteiger charge is -2.14. The number of H-pyrrole nitrogens is 1. The van der Waals surface area contributed by atoms with E-state index < -0.39 is 0 Å². The number of halogens is 1. The fourth-order valence-electron chi connectivity index (χ4n) is 2.98. The Labute approximate surface area is 174 Å². The minimum absolute atomic E-state index is 0.0102. The predicted octanol–water partition coefficient (Wildman–Crippen LogP) is 4.87. The van der Waals surface area contributed by atoms with Gasteiger partial charge in [0.25, 0.3) is 0 Å².